The molecule has 0 saturated heterocycles. The molecule has 20 heavy (non-hydrogen) atoms. The van der Waals surface area contributed by atoms with Gasteiger partial charge in [0, 0.05) is 13.6 Å². The summed E-state index contributed by atoms with van der Waals surface area (Å²) >= 11 is 1.41. The number of fused-ring (bicyclic) bond motifs is 1. The molecule has 3 aromatic heterocycles. The molecule has 6 heteroatoms. The first-order chi connectivity index (χ1) is 9.56. The van der Waals surface area contributed by atoms with Gasteiger partial charge >= 0.3 is 5.69 Å². The Morgan fingerprint density at radius 3 is 2.70 bits per heavy atom. The van der Waals surface area contributed by atoms with Crippen molar-refractivity contribution in [2.45, 2.75) is 20.4 Å². The molecule has 3 aromatic rings. The predicted molar refractivity (Wildman–Crippen MR) is 79.4 cm³/mol. The van der Waals surface area contributed by atoms with E-state index in [9.17, 15) is 9.59 Å². The van der Waals surface area contributed by atoms with Crippen molar-refractivity contribution in [3.05, 3.63) is 44.8 Å². The third-order valence-electron chi connectivity index (χ3n) is 3.47. The third-order valence-corrected chi connectivity index (χ3v) is 4.85. The average molecular weight is 290 g/mol. The topological polar surface area (TPSA) is 57.1 Å². The van der Waals surface area contributed by atoms with Crippen LogP contribution in [0.15, 0.2) is 32.4 Å². The first-order valence-corrected chi connectivity index (χ1v) is 7.14. The van der Waals surface area contributed by atoms with E-state index in [2.05, 4.69) is 0 Å². The molecule has 3 rings (SSSR count). The first-order valence-electron chi connectivity index (χ1n) is 6.33. The molecule has 0 saturated carbocycles. The van der Waals surface area contributed by atoms with Gasteiger partial charge in [0.25, 0.3) is 5.56 Å². The molecule has 0 amide bonds. The van der Waals surface area contributed by atoms with Gasteiger partial charge in [0.15, 0.2) is 0 Å². The molecule has 0 atom stereocenters. The van der Waals surface area contributed by atoms with Crippen molar-refractivity contribution in [3.8, 4) is 10.6 Å². The zero-order chi connectivity index (χ0) is 14.4. The van der Waals surface area contributed by atoms with Gasteiger partial charge in [-0.05, 0) is 31.5 Å². The van der Waals surface area contributed by atoms with Gasteiger partial charge in [-0.1, -0.05) is 0 Å². The summed E-state index contributed by atoms with van der Waals surface area (Å²) in [6.07, 6.45) is 1.60. The number of furan rings is 1. The van der Waals surface area contributed by atoms with E-state index in [4.69, 9.17) is 4.42 Å². The number of rotatable bonds is 2. The van der Waals surface area contributed by atoms with E-state index in [1.54, 1.807) is 20.2 Å². The highest BCUT2D eigenvalue weighted by molar-refractivity contribution is 7.22. The normalized spacial score (nSPS) is 11.3. The molecule has 104 valence electrons. The second kappa shape index (κ2) is 4.49. The maximum absolute atomic E-state index is 12.5. The van der Waals surface area contributed by atoms with E-state index in [1.165, 1.54) is 20.5 Å². The van der Waals surface area contributed by atoms with Crippen molar-refractivity contribution in [2.24, 2.45) is 7.05 Å². The quantitative estimate of drug-likeness (QED) is 0.728. The average Bonchev–Trinajstić information content (AvgIpc) is 3.04. The Balaban J connectivity index is 2.50. The lowest BCUT2D eigenvalue weighted by atomic mass is 10.2. The Morgan fingerprint density at radius 1 is 1.35 bits per heavy atom. The zero-order valence-corrected chi connectivity index (χ0v) is 12.3. The van der Waals surface area contributed by atoms with E-state index in [0.717, 1.165) is 16.2 Å². The molecule has 3 heterocycles. The minimum Gasteiger partial charge on any atom is -0.464 e. The summed E-state index contributed by atoms with van der Waals surface area (Å²) in [7, 11) is 1.69. The molecule has 0 aliphatic rings. The summed E-state index contributed by atoms with van der Waals surface area (Å²) in [5.41, 5.74) is 0.358. The largest absolute Gasteiger partial charge is 0.464 e. The summed E-state index contributed by atoms with van der Waals surface area (Å²) in [5.74, 6) is 0.721. The molecule has 0 aliphatic carbocycles. The Hall–Kier alpha value is -2.08. The van der Waals surface area contributed by atoms with Crippen LogP contribution in [0.5, 0.6) is 0 Å². The van der Waals surface area contributed by atoms with Crippen LogP contribution in [-0.2, 0) is 13.6 Å². The molecule has 0 unspecified atom stereocenters. The summed E-state index contributed by atoms with van der Waals surface area (Å²) in [6, 6.07) is 3.66. The van der Waals surface area contributed by atoms with Crippen molar-refractivity contribution >= 4 is 21.6 Å². The van der Waals surface area contributed by atoms with Gasteiger partial charge in [-0.15, -0.1) is 11.3 Å². The SMILES string of the molecule is CCn1c(=O)c2c(C)c(-c3ccco3)sc2n(C)c1=O. The molecule has 0 aromatic carbocycles. The van der Waals surface area contributed by atoms with Crippen LogP contribution in [0.25, 0.3) is 20.9 Å². The van der Waals surface area contributed by atoms with E-state index < -0.39 is 0 Å². The Kier molecular flexibility index (Phi) is 2.90. The number of hydrogen-bond acceptors (Lipinski definition) is 4. The monoisotopic (exact) mass is 290 g/mol. The van der Waals surface area contributed by atoms with Gasteiger partial charge in [-0.3, -0.25) is 13.9 Å². The highest BCUT2D eigenvalue weighted by atomic mass is 32.1. The molecule has 0 aliphatic heterocycles. The molecule has 0 spiro atoms. The zero-order valence-electron chi connectivity index (χ0n) is 11.5. The number of hydrogen-bond donors (Lipinski definition) is 0. The van der Waals surface area contributed by atoms with Gasteiger partial charge in [0.05, 0.1) is 16.5 Å². The number of nitrogens with zero attached hydrogens (tertiary/aromatic N) is 2. The van der Waals surface area contributed by atoms with Crippen LogP contribution >= 0.6 is 11.3 Å². The third kappa shape index (κ3) is 1.61. The van der Waals surface area contributed by atoms with Crippen molar-refractivity contribution in [2.75, 3.05) is 0 Å². The first kappa shape index (κ1) is 12.9. The van der Waals surface area contributed by atoms with Gasteiger partial charge in [-0.2, -0.15) is 0 Å². The molecule has 0 N–H and O–H groups in total. The summed E-state index contributed by atoms with van der Waals surface area (Å²) in [5, 5.41) is 0.602. The fourth-order valence-corrected chi connectivity index (χ4v) is 3.62. The van der Waals surface area contributed by atoms with Crippen LogP contribution in [0.3, 0.4) is 0 Å². The van der Waals surface area contributed by atoms with E-state index >= 15 is 0 Å². The Labute approximate surface area is 118 Å². The molecular weight excluding hydrogens is 276 g/mol. The highest BCUT2D eigenvalue weighted by Crippen LogP contribution is 2.35. The van der Waals surface area contributed by atoms with E-state index in [0.29, 0.717) is 16.8 Å². The van der Waals surface area contributed by atoms with E-state index in [-0.39, 0.29) is 11.2 Å². The molecule has 5 nitrogen and oxygen atoms in total. The molecule has 0 fully saturated rings. The van der Waals surface area contributed by atoms with Crippen molar-refractivity contribution in [1.82, 2.24) is 9.13 Å². The lowest BCUT2D eigenvalue weighted by Crippen LogP contribution is -2.38. The molecule has 0 bridgehead atoms. The van der Waals surface area contributed by atoms with Gasteiger partial charge < -0.3 is 4.42 Å². The van der Waals surface area contributed by atoms with Gasteiger partial charge in [-0.25, -0.2) is 4.79 Å². The highest BCUT2D eigenvalue weighted by Gasteiger charge is 2.19. The maximum atomic E-state index is 12.5. The second-order valence-corrected chi connectivity index (χ2v) is 5.60. The van der Waals surface area contributed by atoms with Crippen molar-refractivity contribution in [3.63, 3.8) is 0 Å². The van der Waals surface area contributed by atoms with E-state index in [1.807, 2.05) is 19.1 Å². The predicted octanol–water partition coefficient (Wildman–Crippen LogP) is 2.35. The number of aromatic nitrogens is 2. The fraction of sp³-hybridized carbons (Fsp3) is 0.286. The standard InChI is InChI=1S/C14H14N2O3S/c1-4-16-12(17)10-8(2)11(9-6-5-7-19-9)20-13(10)15(3)14(16)18/h5-7H,4H2,1-3H3. The number of aryl methyl sites for hydroxylation is 2. The second-order valence-electron chi connectivity index (χ2n) is 4.60. The van der Waals surface area contributed by atoms with Crippen molar-refractivity contribution in [1.29, 1.82) is 0 Å². The summed E-state index contributed by atoms with van der Waals surface area (Å²) in [4.78, 5) is 26.2. The summed E-state index contributed by atoms with van der Waals surface area (Å²) < 4.78 is 8.20. The van der Waals surface area contributed by atoms with Crippen molar-refractivity contribution < 1.29 is 4.42 Å². The maximum Gasteiger partial charge on any atom is 0.331 e. The lowest BCUT2D eigenvalue weighted by molar-refractivity contribution is 0.583. The van der Waals surface area contributed by atoms with Crippen LogP contribution in [0.2, 0.25) is 0 Å². The lowest BCUT2D eigenvalue weighted by Gasteiger charge is -2.05. The minimum atomic E-state index is -0.280. The van der Waals surface area contributed by atoms with Crippen LogP contribution in [0.1, 0.15) is 12.5 Å². The minimum absolute atomic E-state index is 0.225. The van der Waals surface area contributed by atoms with Crippen LogP contribution in [-0.4, -0.2) is 9.13 Å². The van der Waals surface area contributed by atoms with Gasteiger partial charge in [0.1, 0.15) is 10.6 Å². The van der Waals surface area contributed by atoms with Crippen LogP contribution in [0.4, 0.5) is 0 Å². The molecular formula is C14H14N2O3S. The van der Waals surface area contributed by atoms with Crippen LogP contribution < -0.4 is 11.2 Å². The molecule has 0 radical (unpaired) electrons. The Morgan fingerprint density at radius 2 is 2.10 bits per heavy atom. The summed E-state index contributed by atoms with van der Waals surface area (Å²) in [6.45, 7) is 4.05. The smallest absolute Gasteiger partial charge is 0.331 e. The van der Waals surface area contributed by atoms with Gasteiger partial charge in [0.2, 0.25) is 0 Å². The Bertz CT molecular complexity index is 897. The van der Waals surface area contributed by atoms with Crippen LogP contribution in [0, 0.1) is 6.92 Å². The number of thiophene rings is 1. The fourth-order valence-electron chi connectivity index (χ4n) is 2.40.